The van der Waals surface area contributed by atoms with E-state index in [9.17, 15) is 13.2 Å². The standard InChI is InChI=1S/C15H13N3O3S/c1-11-16-14(13-9-5-6-10-18(11)13)15(19)17-22(20,21)12-7-3-2-4-8-12/h2-10H,1H3,(H,17,19). The maximum absolute atomic E-state index is 12.3. The number of hydrogen-bond acceptors (Lipinski definition) is 4. The van der Waals surface area contributed by atoms with E-state index in [1.807, 2.05) is 6.07 Å². The van der Waals surface area contributed by atoms with Gasteiger partial charge in [-0.2, -0.15) is 0 Å². The van der Waals surface area contributed by atoms with Gasteiger partial charge in [-0.25, -0.2) is 18.1 Å². The average Bonchev–Trinajstić information content (AvgIpc) is 2.86. The van der Waals surface area contributed by atoms with Crippen LogP contribution in [-0.4, -0.2) is 23.7 Å². The summed E-state index contributed by atoms with van der Waals surface area (Å²) in [5.74, 6) is -0.140. The Labute approximate surface area is 127 Å². The summed E-state index contributed by atoms with van der Waals surface area (Å²) in [5, 5.41) is 0. The first kappa shape index (κ1) is 14.3. The molecule has 1 N–H and O–H groups in total. The molecule has 0 radical (unpaired) electrons. The molecule has 1 amide bonds. The Morgan fingerprint density at radius 1 is 1.09 bits per heavy atom. The predicted octanol–water partition coefficient (Wildman–Crippen LogP) is 1.76. The van der Waals surface area contributed by atoms with Crippen molar-refractivity contribution < 1.29 is 13.2 Å². The average molecular weight is 315 g/mol. The smallest absolute Gasteiger partial charge is 0.285 e. The first-order chi connectivity index (χ1) is 10.5. The summed E-state index contributed by atoms with van der Waals surface area (Å²) in [6.45, 7) is 1.75. The highest BCUT2D eigenvalue weighted by Crippen LogP contribution is 2.14. The molecule has 0 saturated carbocycles. The van der Waals surface area contributed by atoms with Crippen molar-refractivity contribution in [3.63, 3.8) is 0 Å². The van der Waals surface area contributed by atoms with Crippen LogP contribution in [0.25, 0.3) is 5.52 Å². The number of benzene rings is 1. The molecule has 22 heavy (non-hydrogen) atoms. The lowest BCUT2D eigenvalue weighted by atomic mass is 10.3. The number of imidazole rings is 1. The van der Waals surface area contributed by atoms with E-state index in [1.165, 1.54) is 12.1 Å². The van der Waals surface area contributed by atoms with Crippen molar-refractivity contribution in [2.75, 3.05) is 0 Å². The molecule has 112 valence electrons. The number of carbonyl (C=O) groups excluding carboxylic acids is 1. The molecular formula is C15H13N3O3S. The molecule has 0 aliphatic heterocycles. The first-order valence-corrected chi connectivity index (χ1v) is 8.03. The number of rotatable bonds is 3. The fourth-order valence-electron chi connectivity index (χ4n) is 2.19. The molecule has 0 bridgehead atoms. The molecule has 2 aromatic heterocycles. The van der Waals surface area contributed by atoms with Crippen molar-refractivity contribution >= 4 is 21.4 Å². The molecule has 3 aromatic rings. The molecule has 0 unspecified atom stereocenters. The van der Waals surface area contributed by atoms with Gasteiger partial charge in [0.25, 0.3) is 15.9 Å². The zero-order chi connectivity index (χ0) is 15.7. The molecule has 6 nitrogen and oxygen atoms in total. The van der Waals surface area contributed by atoms with Crippen LogP contribution in [-0.2, 0) is 10.0 Å². The lowest BCUT2D eigenvalue weighted by molar-refractivity contribution is 0.0978. The minimum atomic E-state index is -3.92. The maximum Gasteiger partial charge on any atom is 0.285 e. The van der Waals surface area contributed by atoms with Crippen LogP contribution in [0.2, 0.25) is 0 Å². The van der Waals surface area contributed by atoms with Crippen molar-refractivity contribution in [3.05, 3.63) is 66.2 Å². The van der Waals surface area contributed by atoms with Crippen molar-refractivity contribution in [2.45, 2.75) is 11.8 Å². The van der Waals surface area contributed by atoms with Gasteiger partial charge in [-0.3, -0.25) is 4.79 Å². The number of nitrogens with zero attached hydrogens (tertiary/aromatic N) is 2. The highest BCUT2D eigenvalue weighted by atomic mass is 32.2. The van der Waals surface area contributed by atoms with Gasteiger partial charge in [-0.15, -0.1) is 0 Å². The SMILES string of the molecule is Cc1nc(C(=O)NS(=O)(=O)c2ccccc2)c2ccccn12. The Morgan fingerprint density at radius 3 is 2.50 bits per heavy atom. The number of sulfonamides is 1. The van der Waals surface area contributed by atoms with E-state index in [2.05, 4.69) is 9.71 Å². The molecular weight excluding hydrogens is 302 g/mol. The van der Waals surface area contributed by atoms with E-state index in [-0.39, 0.29) is 10.6 Å². The van der Waals surface area contributed by atoms with Crippen molar-refractivity contribution in [3.8, 4) is 0 Å². The molecule has 7 heteroatoms. The van der Waals surface area contributed by atoms with E-state index >= 15 is 0 Å². The number of nitrogens with one attached hydrogen (secondary N) is 1. The van der Waals surface area contributed by atoms with Gasteiger partial charge >= 0.3 is 0 Å². The fourth-order valence-corrected chi connectivity index (χ4v) is 3.16. The second kappa shape index (κ2) is 5.27. The number of hydrogen-bond donors (Lipinski definition) is 1. The molecule has 0 fully saturated rings. The maximum atomic E-state index is 12.3. The second-order valence-corrected chi connectivity index (χ2v) is 6.39. The third kappa shape index (κ3) is 2.46. The molecule has 0 saturated heterocycles. The van der Waals surface area contributed by atoms with Crippen LogP contribution in [0, 0.1) is 6.92 Å². The number of fused-ring (bicyclic) bond motifs is 1. The zero-order valence-corrected chi connectivity index (χ0v) is 12.5. The van der Waals surface area contributed by atoms with Crippen LogP contribution in [0.5, 0.6) is 0 Å². The Kier molecular flexibility index (Phi) is 3.42. The Bertz CT molecular complexity index is 947. The molecule has 0 aliphatic carbocycles. The molecule has 2 heterocycles. The second-order valence-electron chi connectivity index (χ2n) is 4.71. The molecule has 0 atom stereocenters. The number of amides is 1. The third-order valence-corrected chi connectivity index (χ3v) is 4.57. The summed E-state index contributed by atoms with van der Waals surface area (Å²) in [5.41, 5.74) is 0.637. The number of pyridine rings is 1. The minimum absolute atomic E-state index is 0.0311. The zero-order valence-electron chi connectivity index (χ0n) is 11.7. The minimum Gasteiger partial charge on any atom is -0.303 e. The van der Waals surface area contributed by atoms with Gasteiger partial charge in [0.1, 0.15) is 5.82 Å². The largest absolute Gasteiger partial charge is 0.303 e. The number of carbonyl (C=O) groups is 1. The van der Waals surface area contributed by atoms with E-state index in [4.69, 9.17) is 0 Å². The van der Waals surface area contributed by atoms with Crippen LogP contribution in [0.15, 0.2) is 59.6 Å². The Hall–Kier alpha value is -2.67. The van der Waals surface area contributed by atoms with Crippen LogP contribution in [0.4, 0.5) is 0 Å². The van der Waals surface area contributed by atoms with Gasteiger partial charge in [-0.05, 0) is 31.2 Å². The quantitative estimate of drug-likeness (QED) is 0.798. The predicted molar refractivity (Wildman–Crippen MR) is 81.0 cm³/mol. The lowest BCUT2D eigenvalue weighted by Crippen LogP contribution is -2.31. The number of aryl methyl sites for hydroxylation is 1. The summed E-state index contributed by atoms with van der Waals surface area (Å²) in [7, 11) is -3.92. The molecule has 1 aromatic carbocycles. The van der Waals surface area contributed by atoms with Crippen LogP contribution in [0.3, 0.4) is 0 Å². The molecule has 0 spiro atoms. The van der Waals surface area contributed by atoms with E-state index in [0.717, 1.165) is 0 Å². The normalized spacial score (nSPS) is 11.5. The number of aromatic nitrogens is 2. The summed E-state index contributed by atoms with van der Waals surface area (Å²) >= 11 is 0. The first-order valence-electron chi connectivity index (χ1n) is 6.55. The molecule has 3 rings (SSSR count). The van der Waals surface area contributed by atoms with E-state index in [0.29, 0.717) is 11.3 Å². The highest BCUT2D eigenvalue weighted by Gasteiger charge is 2.22. The van der Waals surface area contributed by atoms with Gasteiger partial charge in [0.05, 0.1) is 10.4 Å². The summed E-state index contributed by atoms with van der Waals surface area (Å²) in [6, 6.07) is 13.0. The van der Waals surface area contributed by atoms with Gasteiger partial charge in [0, 0.05) is 6.20 Å². The van der Waals surface area contributed by atoms with Gasteiger partial charge in [0.15, 0.2) is 5.69 Å². The topological polar surface area (TPSA) is 80.5 Å². The van der Waals surface area contributed by atoms with Crippen LogP contribution in [0.1, 0.15) is 16.3 Å². The lowest BCUT2D eigenvalue weighted by Gasteiger charge is -2.05. The Balaban J connectivity index is 1.98. The monoisotopic (exact) mass is 315 g/mol. The van der Waals surface area contributed by atoms with Gasteiger partial charge in [0.2, 0.25) is 0 Å². The summed E-state index contributed by atoms with van der Waals surface area (Å²) in [4.78, 5) is 16.5. The summed E-state index contributed by atoms with van der Waals surface area (Å²) in [6.07, 6.45) is 1.76. The fraction of sp³-hybridized carbons (Fsp3) is 0.0667. The Morgan fingerprint density at radius 2 is 1.77 bits per heavy atom. The van der Waals surface area contributed by atoms with Crippen LogP contribution < -0.4 is 4.72 Å². The van der Waals surface area contributed by atoms with E-state index in [1.54, 1.807) is 47.9 Å². The molecule has 0 aliphatic rings. The van der Waals surface area contributed by atoms with Crippen molar-refractivity contribution in [2.24, 2.45) is 0 Å². The summed E-state index contributed by atoms with van der Waals surface area (Å²) < 4.78 is 28.2. The van der Waals surface area contributed by atoms with Crippen molar-refractivity contribution in [1.82, 2.24) is 14.1 Å². The van der Waals surface area contributed by atoms with E-state index < -0.39 is 15.9 Å². The van der Waals surface area contributed by atoms with Gasteiger partial charge < -0.3 is 4.40 Å². The van der Waals surface area contributed by atoms with Crippen molar-refractivity contribution in [1.29, 1.82) is 0 Å². The van der Waals surface area contributed by atoms with Gasteiger partial charge in [-0.1, -0.05) is 24.3 Å². The highest BCUT2D eigenvalue weighted by molar-refractivity contribution is 7.90. The third-order valence-electron chi connectivity index (χ3n) is 3.22. The van der Waals surface area contributed by atoms with Crippen LogP contribution >= 0.6 is 0 Å².